The number of hydrogen-bond acceptors (Lipinski definition) is 5. The van der Waals surface area contributed by atoms with Crippen molar-refractivity contribution in [2.24, 2.45) is 0 Å². The Hall–Kier alpha value is -2.78. The molecular formula is C17H19N3O5S. The largest absolute Gasteiger partial charge is 0.352 e. The predicted molar refractivity (Wildman–Crippen MR) is 95.9 cm³/mol. The number of rotatable bonds is 8. The molecule has 2 rings (SSSR count). The molecule has 0 saturated heterocycles. The summed E-state index contributed by atoms with van der Waals surface area (Å²) in [6, 6.07) is 12.2. The van der Waals surface area contributed by atoms with Crippen LogP contribution in [-0.2, 0) is 21.4 Å². The fourth-order valence-electron chi connectivity index (χ4n) is 2.12. The van der Waals surface area contributed by atoms with Crippen LogP contribution < -0.4 is 10.0 Å². The summed E-state index contributed by atoms with van der Waals surface area (Å²) >= 11 is 0. The van der Waals surface area contributed by atoms with Gasteiger partial charge in [-0.1, -0.05) is 29.8 Å². The van der Waals surface area contributed by atoms with Crippen LogP contribution in [0.4, 0.5) is 5.69 Å². The van der Waals surface area contributed by atoms with E-state index in [1.807, 2.05) is 31.2 Å². The molecule has 2 aromatic carbocycles. The second-order valence-corrected chi connectivity index (χ2v) is 7.43. The molecule has 8 nitrogen and oxygen atoms in total. The van der Waals surface area contributed by atoms with Gasteiger partial charge in [-0.3, -0.25) is 14.9 Å². The monoisotopic (exact) mass is 377 g/mol. The number of nitro groups is 1. The zero-order valence-electron chi connectivity index (χ0n) is 14.1. The van der Waals surface area contributed by atoms with Gasteiger partial charge in [-0.15, -0.1) is 0 Å². The molecule has 0 unspecified atom stereocenters. The molecule has 138 valence electrons. The minimum absolute atomic E-state index is 0.0158. The SMILES string of the molecule is Cc1ccc(CNC(=O)CCNS(=O)(=O)c2ccc([N+](=O)[O-])cc2)cc1. The van der Waals surface area contributed by atoms with Crippen molar-refractivity contribution in [1.82, 2.24) is 10.0 Å². The number of nitrogens with one attached hydrogen (secondary N) is 2. The van der Waals surface area contributed by atoms with E-state index in [-0.39, 0.29) is 29.5 Å². The first-order chi connectivity index (χ1) is 12.3. The summed E-state index contributed by atoms with van der Waals surface area (Å²) in [5, 5.41) is 13.3. The Morgan fingerprint density at radius 3 is 2.27 bits per heavy atom. The first-order valence-corrected chi connectivity index (χ1v) is 9.32. The van der Waals surface area contributed by atoms with Gasteiger partial charge >= 0.3 is 0 Å². The van der Waals surface area contributed by atoms with E-state index in [9.17, 15) is 23.3 Å². The van der Waals surface area contributed by atoms with Crippen molar-refractivity contribution < 1.29 is 18.1 Å². The van der Waals surface area contributed by atoms with Gasteiger partial charge in [-0.25, -0.2) is 13.1 Å². The number of non-ortho nitro benzene ring substituents is 1. The van der Waals surface area contributed by atoms with E-state index in [4.69, 9.17) is 0 Å². The summed E-state index contributed by atoms with van der Waals surface area (Å²) < 4.78 is 26.5. The summed E-state index contributed by atoms with van der Waals surface area (Å²) in [5.41, 5.74) is 1.88. The minimum atomic E-state index is -3.82. The maximum absolute atomic E-state index is 12.1. The van der Waals surface area contributed by atoms with Gasteiger partial charge in [-0.05, 0) is 24.6 Å². The summed E-state index contributed by atoms with van der Waals surface area (Å²) in [6.45, 7) is 2.27. The summed E-state index contributed by atoms with van der Waals surface area (Å²) in [7, 11) is -3.82. The molecule has 0 aromatic heterocycles. The van der Waals surface area contributed by atoms with Crippen LogP contribution in [0.25, 0.3) is 0 Å². The molecule has 0 aliphatic heterocycles. The fraction of sp³-hybridized carbons (Fsp3) is 0.235. The molecular weight excluding hydrogens is 358 g/mol. The zero-order chi connectivity index (χ0) is 19.2. The van der Waals surface area contributed by atoms with E-state index in [2.05, 4.69) is 10.0 Å². The number of hydrogen-bond donors (Lipinski definition) is 2. The van der Waals surface area contributed by atoms with E-state index >= 15 is 0 Å². The number of benzene rings is 2. The molecule has 0 bridgehead atoms. The smallest absolute Gasteiger partial charge is 0.269 e. The first kappa shape index (κ1) is 19.5. The number of nitrogens with zero attached hydrogens (tertiary/aromatic N) is 1. The number of carbonyl (C=O) groups is 1. The third-order valence-electron chi connectivity index (χ3n) is 3.61. The van der Waals surface area contributed by atoms with Gasteiger partial charge in [0.1, 0.15) is 0 Å². The topological polar surface area (TPSA) is 118 Å². The van der Waals surface area contributed by atoms with E-state index in [1.165, 1.54) is 0 Å². The molecule has 26 heavy (non-hydrogen) atoms. The molecule has 0 heterocycles. The van der Waals surface area contributed by atoms with Crippen molar-refractivity contribution in [1.29, 1.82) is 0 Å². The molecule has 0 saturated carbocycles. The Kier molecular flexibility index (Phi) is 6.42. The van der Waals surface area contributed by atoms with Crippen molar-refractivity contribution in [2.45, 2.75) is 24.8 Å². The van der Waals surface area contributed by atoms with Crippen molar-refractivity contribution in [3.8, 4) is 0 Å². The van der Waals surface area contributed by atoms with Crippen LogP contribution in [0.3, 0.4) is 0 Å². The minimum Gasteiger partial charge on any atom is -0.352 e. The van der Waals surface area contributed by atoms with E-state index < -0.39 is 14.9 Å². The van der Waals surface area contributed by atoms with E-state index in [0.29, 0.717) is 6.54 Å². The maximum atomic E-state index is 12.1. The molecule has 0 aliphatic rings. The molecule has 2 N–H and O–H groups in total. The Morgan fingerprint density at radius 1 is 1.08 bits per heavy atom. The van der Waals surface area contributed by atoms with Crippen LogP contribution in [0.2, 0.25) is 0 Å². The highest BCUT2D eigenvalue weighted by Crippen LogP contribution is 2.15. The fourth-order valence-corrected chi connectivity index (χ4v) is 3.16. The maximum Gasteiger partial charge on any atom is 0.269 e. The van der Waals surface area contributed by atoms with Crippen molar-refractivity contribution in [3.05, 3.63) is 69.8 Å². The normalized spacial score (nSPS) is 11.1. The Labute approximate surface area is 151 Å². The van der Waals surface area contributed by atoms with Crippen molar-refractivity contribution in [3.63, 3.8) is 0 Å². The molecule has 0 aliphatic carbocycles. The number of aryl methyl sites for hydroxylation is 1. The quantitative estimate of drug-likeness (QED) is 0.538. The second kappa shape index (κ2) is 8.54. The predicted octanol–water partition coefficient (Wildman–Crippen LogP) is 1.89. The summed E-state index contributed by atoms with van der Waals surface area (Å²) in [6.07, 6.45) is -0.0158. The van der Waals surface area contributed by atoms with Crippen molar-refractivity contribution >= 4 is 21.6 Å². The average Bonchev–Trinajstić information content (AvgIpc) is 2.61. The van der Waals surface area contributed by atoms with Gasteiger partial charge in [0.05, 0.1) is 9.82 Å². The van der Waals surface area contributed by atoms with Gasteiger partial charge in [0, 0.05) is 31.6 Å². The highest BCUT2D eigenvalue weighted by Gasteiger charge is 2.15. The first-order valence-electron chi connectivity index (χ1n) is 7.84. The third-order valence-corrected chi connectivity index (χ3v) is 5.09. The van der Waals surface area contributed by atoms with Crippen LogP contribution in [0.5, 0.6) is 0 Å². The molecule has 1 amide bonds. The molecule has 2 aromatic rings. The van der Waals surface area contributed by atoms with Gasteiger partial charge < -0.3 is 5.32 Å². The van der Waals surface area contributed by atoms with Crippen LogP contribution in [-0.4, -0.2) is 25.8 Å². The van der Waals surface area contributed by atoms with Gasteiger partial charge in [0.15, 0.2) is 0 Å². The van der Waals surface area contributed by atoms with Crippen LogP contribution in [0.15, 0.2) is 53.4 Å². The number of sulfonamides is 1. The lowest BCUT2D eigenvalue weighted by Crippen LogP contribution is -2.30. The number of carbonyl (C=O) groups excluding carboxylic acids is 1. The van der Waals surface area contributed by atoms with Crippen molar-refractivity contribution in [2.75, 3.05) is 6.54 Å². The lowest BCUT2D eigenvalue weighted by Gasteiger charge is -2.08. The molecule has 0 radical (unpaired) electrons. The lowest BCUT2D eigenvalue weighted by atomic mass is 10.1. The summed E-state index contributed by atoms with van der Waals surface area (Å²) in [4.78, 5) is 21.7. The van der Waals surface area contributed by atoms with Gasteiger partial charge in [-0.2, -0.15) is 0 Å². The Morgan fingerprint density at radius 2 is 1.69 bits per heavy atom. The standard InChI is InChI=1S/C17H19N3O5S/c1-13-2-4-14(5-3-13)12-18-17(21)10-11-19-26(24,25)16-8-6-15(7-9-16)20(22)23/h2-9,19H,10-12H2,1H3,(H,18,21). The average molecular weight is 377 g/mol. The molecule has 0 fully saturated rings. The zero-order valence-corrected chi connectivity index (χ0v) is 15.0. The molecule has 0 atom stereocenters. The Bertz CT molecular complexity index is 878. The van der Waals surface area contributed by atoms with Gasteiger partial charge in [0.2, 0.25) is 15.9 Å². The lowest BCUT2D eigenvalue weighted by molar-refractivity contribution is -0.384. The summed E-state index contributed by atoms with van der Waals surface area (Å²) in [5.74, 6) is -0.281. The second-order valence-electron chi connectivity index (χ2n) is 5.66. The van der Waals surface area contributed by atoms with E-state index in [1.54, 1.807) is 0 Å². The van der Waals surface area contributed by atoms with Gasteiger partial charge in [0.25, 0.3) is 5.69 Å². The highest BCUT2D eigenvalue weighted by molar-refractivity contribution is 7.89. The number of amides is 1. The van der Waals surface area contributed by atoms with Crippen LogP contribution in [0, 0.1) is 17.0 Å². The Balaban J connectivity index is 1.80. The molecule has 9 heteroatoms. The van der Waals surface area contributed by atoms with Crippen LogP contribution >= 0.6 is 0 Å². The third kappa shape index (κ3) is 5.64. The number of nitro benzene ring substituents is 1. The molecule has 0 spiro atoms. The highest BCUT2D eigenvalue weighted by atomic mass is 32.2. The van der Waals surface area contributed by atoms with E-state index in [0.717, 1.165) is 35.4 Å². The van der Waals surface area contributed by atoms with Crippen LogP contribution in [0.1, 0.15) is 17.5 Å².